The molecule has 2 atom stereocenters. The van der Waals surface area contributed by atoms with Crippen molar-refractivity contribution in [3.8, 4) is 0 Å². The van der Waals surface area contributed by atoms with Crippen LogP contribution in [0.5, 0.6) is 0 Å². The third-order valence-corrected chi connectivity index (χ3v) is 4.65. The van der Waals surface area contributed by atoms with Crippen LogP contribution in [0.2, 0.25) is 0 Å². The van der Waals surface area contributed by atoms with E-state index in [1.54, 1.807) is 0 Å². The molecule has 22 heteroatoms. The summed E-state index contributed by atoms with van der Waals surface area (Å²) in [7, 11) is 0. The average Bonchev–Trinajstić information content (AvgIpc) is 2.68. The van der Waals surface area contributed by atoms with E-state index in [-0.39, 0.29) is 0 Å². The molecule has 0 aromatic carbocycles. The molecule has 0 aliphatic heterocycles. The van der Waals surface area contributed by atoms with Crippen LogP contribution in [0.1, 0.15) is 13.8 Å². The summed E-state index contributed by atoms with van der Waals surface area (Å²) in [4.78, 5) is 46.1. The number of carboxylic acids is 2. The van der Waals surface area contributed by atoms with Gasteiger partial charge in [-0.3, -0.25) is 9.59 Å². The fourth-order valence-corrected chi connectivity index (χ4v) is 2.07. The van der Waals surface area contributed by atoms with E-state index in [9.17, 15) is 71.9 Å². The van der Waals surface area contributed by atoms with Crippen molar-refractivity contribution in [2.75, 3.05) is 13.2 Å². The molecule has 0 spiro atoms. The Morgan fingerprint density at radius 2 is 0.789 bits per heavy atom. The Balaban J connectivity index is 5.68. The number of carbonyl (C=O) groups excluding carboxylic acids is 2. The van der Waals surface area contributed by atoms with Gasteiger partial charge in [0.2, 0.25) is 11.8 Å². The fraction of sp³-hybridized carbons (Fsp3) is 0.750. The van der Waals surface area contributed by atoms with E-state index in [0.717, 1.165) is 10.6 Å². The number of hydrogen-bond donors (Lipinski definition) is 4. The van der Waals surface area contributed by atoms with Crippen LogP contribution in [-0.4, -0.2) is 95.2 Å². The van der Waals surface area contributed by atoms with Crippen molar-refractivity contribution in [1.29, 1.82) is 0 Å². The number of amides is 2. The molecule has 0 saturated heterocycles. The van der Waals surface area contributed by atoms with Gasteiger partial charge in [0.15, 0.2) is 12.1 Å². The van der Waals surface area contributed by atoms with Crippen molar-refractivity contribution in [2.45, 2.75) is 61.8 Å². The molecule has 2 amide bonds. The molecule has 0 fully saturated rings. The highest BCUT2D eigenvalue weighted by Crippen LogP contribution is 2.46. The van der Waals surface area contributed by atoms with Gasteiger partial charge >= 0.3 is 36.6 Å². The van der Waals surface area contributed by atoms with Gasteiger partial charge in [0.1, 0.15) is 13.2 Å². The van der Waals surface area contributed by atoms with Gasteiger partial charge in [-0.15, -0.1) is 0 Å². The molecule has 0 rings (SSSR count). The minimum atomic E-state index is -6.16. The molecule has 0 aromatic rings. The molecule has 0 unspecified atom stereocenters. The van der Waals surface area contributed by atoms with Crippen LogP contribution >= 0.6 is 0 Å². The average molecular weight is 592 g/mol. The molecule has 0 heterocycles. The fourth-order valence-electron chi connectivity index (χ4n) is 2.07. The lowest BCUT2D eigenvalue weighted by molar-refractivity contribution is -0.372. The van der Waals surface area contributed by atoms with E-state index in [2.05, 4.69) is 9.47 Å². The molecule has 0 aromatic heterocycles. The summed E-state index contributed by atoms with van der Waals surface area (Å²) >= 11 is 0. The molecule has 0 saturated carbocycles. The van der Waals surface area contributed by atoms with Crippen LogP contribution in [0.25, 0.3) is 0 Å². The largest absolute Gasteiger partial charge is 0.480 e. The van der Waals surface area contributed by atoms with Crippen molar-refractivity contribution in [3.05, 3.63) is 0 Å². The summed E-state index contributed by atoms with van der Waals surface area (Å²) in [6.45, 7) is -5.44. The highest BCUT2D eigenvalue weighted by Gasteiger charge is 2.70. The Bertz CT molecular complexity index is 797. The molecular formula is C16H16F12N2O8. The SMILES string of the molecule is CC(OCC(=O)N[C@H](C(=O)O)[C@@H](NC(=O)COC(C)(C(F)(F)F)C(F)(F)F)C(=O)O)(C(F)(F)F)C(F)(F)F. The lowest BCUT2D eigenvalue weighted by Gasteiger charge is -2.34. The van der Waals surface area contributed by atoms with Crippen molar-refractivity contribution in [1.82, 2.24) is 10.6 Å². The second-order valence-electron chi connectivity index (χ2n) is 7.40. The van der Waals surface area contributed by atoms with Crippen molar-refractivity contribution < 1.29 is 91.5 Å². The summed E-state index contributed by atoms with van der Waals surface area (Å²) in [5.41, 5.74) is -9.92. The first kappa shape index (κ1) is 35.0. The van der Waals surface area contributed by atoms with Crippen molar-refractivity contribution in [2.24, 2.45) is 0 Å². The smallest absolute Gasteiger partial charge is 0.426 e. The Labute approximate surface area is 202 Å². The number of rotatable bonds is 11. The topological polar surface area (TPSA) is 151 Å². The Hall–Kier alpha value is -3.04. The Morgan fingerprint density at radius 1 is 0.579 bits per heavy atom. The van der Waals surface area contributed by atoms with Crippen LogP contribution in [0.3, 0.4) is 0 Å². The number of alkyl halides is 12. The monoisotopic (exact) mass is 592 g/mol. The van der Waals surface area contributed by atoms with E-state index in [4.69, 9.17) is 10.2 Å². The number of ether oxygens (including phenoxy) is 2. The summed E-state index contributed by atoms with van der Waals surface area (Å²) in [6.07, 6.45) is -24.6. The zero-order chi connectivity index (χ0) is 30.7. The third-order valence-electron chi connectivity index (χ3n) is 4.65. The standard InChI is InChI=1S/C16H16F12N2O8/c1-11(13(17,18)19,14(20,21)22)37-3-5(31)29-7(9(33)34)8(10(35)36)30-6(32)4-38-12(2,15(23,24)25)16(26,27)28/h7-8H,3-4H2,1-2H3,(H,29,31)(H,30,32)(H,33,34)(H,35,36)/t7-,8+. The van der Waals surface area contributed by atoms with E-state index in [1.165, 1.54) is 0 Å². The third kappa shape index (κ3) is 7.98. The number of carbonyl (C=O) groups is 4. The zero-order valence-corrected chi connectivity index (χ0v) is 18.4. The highest BCUT2D eigenvalue weighted by molar-refractivity contribution is 5.93. The lowest BCUT2D eigenvalue weighted by Crippen LogP contribution is -2.62. The molecule has 38 heavy (non-hydrogen) atoms. The van der Waals surface area contributed by atoms with Gasteiger partial charge < -0.3 is 30.3 Å². The van der Waals surface area contributed by atoms with Gasteiger partial charge in [-0.25, -0.2) is 9.59 Å². The predicted molar refractivity (Wildman–Crippen MR) is 92.1 cm³/mol. The molecule has 10 nitrogen and oxygen atoms in total. The number of hydrogen-bond acceptors (Lipinski definition) is 6. The first-order valence-corrected chi connectivity index (χ1v) is 9.21. The van der Waals surface area contributed by atoms with Crippen LogP contribution in [0.4, 0.5) is 52.7 Å². The Kier molecular flexibility index (Phi) is 10.5. The maximum absolute atomic E-state index is 12.8. The van der Waals surface area contributed by atoms with E-state index in [1.807, 2.05) is 0 Å². The number of carboxylic acid groups (broad SMARTS) is 2. The minimum Gasteiger partial charge on any atom is -0.480 e. The van der Waals surface area contributed by atoms with Gasteiger partial charge in [0.05, 0.1) is 0 Å². The molecule has 4 N–H and O–H groups in total. The van der Waals surface area contributed by atoms with Crippen molar-refractivity contribution in [3.63, 3.8) is 0 Å². The number of aliphatic carboxylic acids is 2. The summed E-state index contributed by atoms with van der Waals surface area (Å²) < 4.78 is 160. The summed E-state index contributed by atoms with van der Waals surface area (Å²) in [5.74, 6) is -9.07. The molecule has 0 aliphatic carbocycles. The van der Waals surface area contributed by atoms with Crippen molar-refractivity contribution >= 4 is 23.8 Å². The zero-order valence-electron chi connectivity index (χ0n) is 18.4. The van der Waals surface area contributed by atoms with E-state index >= 15 is 0 Å². The second kappa shape index (κ2) is 11.4. The summed E-state index contributed by atoms with van der Waals surface area (Å²) in [5, 5.41) is 20.3. The summed E-state index contributed by atoms with van der Waals surface area (Å²) in [6, 6.07) is -5.88. The molecule has 0 radical (unpaired) electrons. The number of nitrogens with one attached hydrogen (secondary N) is 2. The maximum atomic E-state index is 12.8. The molecular weight excluding hydrogens is 576 g/mol. The molecule has 0 aliphatic rings. The quantitative estimate of drug-likeness (QED) is 0.266. The lowest BCUT2D eigenvalue weighted by atomic mass is 10.1. The van der Waals surface area contributed by atoms with Gasteiger partial charge in [0, 0.05) is 0 Å². The van der Waals surface area contributed by atoms with Gasteiger partial charge in [-0.1, -0.05) is 0 Å². The first-order chi connectivity index (χ1) is 16.6. The van der Waals surface area contributed by atoms with Gasteiger partial charge in [-0.05, 0) is 13.8 Å². The predicted octanol–water partition coefficient (Wildman–Crippen LogP) is 1.93. The van der Waals surface area contributed by atoms with Crippen LogP contribution in [0, 0.1) is 0 Å². The van der Waals surface area contributed by atoms with Crippen LogP contribution in [0.15, 0.2) is 0 Å². The van der Waals surface area contributed by atoms with E-state index < -0.39 is 98.8 Å². The van der Waals surface area contributed by atoms with Gasteiger partial charge in [0.25, 0.3) is 11.2 Å². The minimum absolute atomic E-state index is 0.537. The van der Waals surface area contributed by atoms with Gasteiger partial charge in [-0.2, -0.15) is 52.7 Å². The maximum Gasteiger partial charge on any atom is 0.426 e. The second-order valence-corrected chi connectivity index (χ2v) is 7.40. The first-order valence-electron chi connectivity index (χ1n) is 9.21. The van der Waals surface area contributed by atoms with Crippen LogP contribution in [-0.2, 0) is 28.7 Å². The number of halogens is 12. The molecule has 0 bridgehead atoms. The molecule has 222 valence electrons. The van der Waals surface area contributed by atoms with E-state index in [0.29, 0.717) is 0 Å². The Morgan fingerprint density at radius 3 is 0.947 bits per heavy atom. The normalized spacial score (nSPS) is 15.4. The van der Waals surface area contributed by atoms with Crippen LogP contribution < -0.4 is 10.6 Å². The highest BCUT2D eigenvalue weighted by atomic mass is 19.4.